The van der Waals surface area contributed by atoms with Crippen molar-refractivity contribution < 1.29 is 0 Å². The van der Waals surface area contributed by atoms with Gasteiger partial charge in [-0.2, -0.15) is 5.26 Å². The molecule has 15 heavy (non-hydrogen) atoms. The molecule has 2 heteroatoms. The maximum absolute atomic E-state index is 8.78. The van der Waals surface area contributed by atoms with Crippen LogP contribution >= 0.6 is 0 Å². The van der Waals surface area contributed by atoms with Crippen LogP contribution in [0.5, 0.6) is 0 Å². The standard InChI is InChI=1S/C13H20N2/c1-3-10-15(11-4-2)13-7-5-6-12(13)8-9-14/h3-4,12-13H,1-2,5-8,10-11H2/t12-,13-/m1/s1. The monoisotopic (exact) mass is 204 g/mol. The van der Waals surface area contributed by atoms with Crippen LogP contribution in [-0.2, 0) is 0 Å². The molecule has 0 heterocycles. The lowest BCUT2D eigenvalue weighted by molar-refractivity contribution is 0.196. The van der Waals surface area contributed by atoms with E-state index in [4.69, 9.17) is 5.26 Å². The Bertz CT molecular complexity index is 242. The lowest BCUT2D eigenvalue weighted by Gasteiger charge is -2.30. The number of rotatable bonds is 6. The van der Waals surface area contributed by atoms with Gasteiger partial charge in [-0.15, -0.1) is 13.2 Å². The highest BCUT2D eigenvalue weighted by molar-refractivity contribution is 4.94. The molecule has 0 unspecified atom stereocenters. The molecule has 0 bridgehead atoms. The fraction of sp³-hybridized carbons (Fsp3) is 0.615. The van der Waals surface area contributed by atoms with Crippen LogP contribution in [0.15, 0.2) is 25.3 Å². The van der Waals surface area contributed by atoms with Gasteiger partial charge in [-0.1, -0.05) is 18.6 Å². The molecule has 0 aromatic carbocycles. The van der Waals surface area contributed by atoms with Gasteiger partial charge in [0.25, 0.3) is 0 Å². The molecule has 2 atom stereocenters. The summed E-state index contributed by atoms with van der Waals surface area (Å²) in [5.41, 5.74) is 0. The minimum Gasteiger partial charge on any atom is -0.293 e. The molecule has 1 fully saturated rings. The van der Waals surface area contributed by atoms with Gasteiger partial charge in [-0.3, -0.25) is 4.90 Å². The molecule has 1 saturated carbocycles. The molecule has 0 amide bonds. The van der Waals surface area contributed by atoms with Crippen molar-refractivity contribution >= 4 is 0 Å². The molecule has 1 aliphatic rings. The van der Waals surface area contributed by atoms with Gasteiger partial charge < -0.3 is 0 Å². The molecular formula is C13H20N2. The third-order valence-electron chi connectivity index (χ3n) is 3.17. The Morgan fingerprint density at radius 3 is 2.47 bits per heavy atom. The van der Waals surface area contributed by atoms with E-state index in [9.17, 15) is 0 Å². The van der Waals surface area contributed by atoms with E-state index in [0.717, 1.165) is 13.1 Å². The molecule has 1 aliphatic carbocycles. The van der Waals surface area contributed by atoms with Crippen LogP contribution in [0.4, 0.5) is 0 Å². The van der Waals surface area contributed by atoms with Gasteiger partial charge in [0, 0.05) is 25.6 Å². The van der Waals surface area contributed by atoms with Crippen molar-refractivity contribution in [3.8, 4) is 6.07 Å². The molecule has 0 spiro atoms. The van der Waals surface area contributed by atoms with E-state index in [1.807, 2.05) is 12.2 Å². The smallest absolute Gasteiger partial charge is 0.0625 e. The Morgan fingerprint density at radius 2 is 1.93 bits per heavy atom. The Labute approximate surface area is 92.9 Å². The van der Waals surface area contributed by atoms with Crippen LogP contribution in [0.1, 0.15) is 25.7 Å². The van der Waals surface area contributed by atoms with Gasteiger partial charge >= 0.3 is 0 Å². The third-order valence-corrected chi connectivity index (χ3v) is 3.17. The number of nitriles is 1. The Morgan fingerprint density at radius 1 is 1.27 bits per heavy atom. The maximum Gasteiger partial charge on any atom is 0.0625 e. The minimum absolute atomic E-state index is 0.551. The minimum atomic E-state index is 0.551. The Hall–Kier alpha value is -1.07. The zero-order valence-electron chi connectivity index (χ0n) is 9.36. The molecule has 0 aliphatic heterocycles. The average Bonchev–Trinajstić information content (AvgIpc) is 2.66. The lowest BCUT2D eigenvalue weighted by atomic mass is 9.99. The molecule has 2 nitrogen and oxygen atoms in total. The van der Waals surface area contributed by atoms with Crippen molar-refractivity contribution in [3.63, 3.8) is 0 Å². The zero-order chi connectivity index (χ0) is 11.1. The van der Waals surface area contributed by atoms with Crippen molar-refractivity contribution in [2.24, 2.45) is 5.92 Å². The van der Waals surface area contributed by atoms with Crippen LogP contribution in [0, 0.1) is 17.2 Å². The lowest BCUT2D eigenvalue weighted by Crippen LogP contribution is -2.38. The summed E-state index contributed by atoms with van der Waals surface area (Å²) in [6.07, 6.45) is 8.23. The van der Waals surface area contributed by atoms with Gasteiger partial charge in [-0.25, -0.2) is 0 Å². The molecule has 0 N–H and O–H groups in total. The van der Waals surface area contributed by atoms with Crippen LogP contribution in [0.3, 0.4) is 0 Å². The van der Waals surface area contributed by atoms with Crippen LogP contribution in [0.25, 0.3) is 0 Å². The molecule has 0 aromatic rings. The highest BCUT2D eigenvalue weighted by Crippen LogP contribution is 2.32. The molecule has 0 radical (unpaired) electrons. The van der Waals surface area contributed by atoms with E-state index in [-0.39, 0.29) is 0 Å². The van der Waals surface area contributed by atoms with Crippen molar-refractivity contribution in [1.82, 2.24) is 4.90 Å². The van der Waals surface area contributed by atoms with E-state index in [1.54, 1.807) is 0 Å². The summed E-state index contributed by atoms with van der Waals surface area (Å²) in [6.45, 7) is 9.37. The molecule has 0 saturated heterocycles. The quantitative estimate of drug-likeness (QED) is 0.622. The van der Waals surface area contributed by atoms with Gasteiger partial charge in [0.1, 0.15) is 0 Å². The molecular weight excluding hydrogens is 184 g/mol. The molecule has 1 rings (SSSR count). The highest BCUT2D eigenvalue weighted by Gasteiger charge is 2.30. The topological polar surface area (TPSA) is 27.0 Å². The third kappa shape index (κ3) is 3.21. The summed E-state index contributed by atoms with van der Waals surface area (Å²) in [6, 6.07) is 2.86. The normalized spacial score (nSPS) is 25.1. The first-order valence-corrected chi connectivity index (χ1v) is 5.66. The maximum atomic E-state index is 8.78. The van der Waals surface area contributed by atoms with Crippen LogP contribution in [-0.4, -0.2) is 24.0 Å². The number of hydrogen-bond donors (Lipinski definition) is 0. The summed E-state index contributed by atoms with van der Waals surface area (Å²) in [5.74, 6) is 0.551. The summed E-state index contributed by atoms with van der Waals surface area (Å²) in [7, 11) is 0. The van der Waals surface area contributed by atoms with E-state index in [2.05, 4.69) is 24.1 Å². The number of nitrogens with zero attached hydrogens (tertiary/aromatic N) is 2. The Kier molecular flexibility index (Phi) is 5.14. The SMILES string of the molecule is C=CCN(CC=C)[C@@H]1CCC[C@@H]1CC#N. The first kappa shape index (κ1) is 12.0. The predicted molar refractivity (Wildman–Crippen MR) is 63.3 cm³/mol. The van der Waals surface area contributed by atoms with Crippen LogP contribution in [0.2, 0.25) is 0 Å². The van der Waals surface area contributed by atoms with Crippen LogP contribution < -0.4 is 0 Å². The van der Waals surface area contributed by atoms with E-state index in [1.165, 1.54) is 19.3 Å². The average molecular weight is 204 g/mol. The Balaban J connectivity index is 2.60. The van der Waals surface area contributed by atoms with Crippen molar-refractivity contribution in [3.05, 3.63) is 25.3 Å². The second-order valence-electron chi connectivity index (χ2n) is 4.15. The fourth-order valence-corrected chi connectivity index (χ4v) is 2.53. The molecule has 0 aromatic heterocycles. The number of hydrogen-bond acceptors (Lipinski definition) is 2. The predicted octanol–water partition coefficient (Wildman–Crippen LogP) is 2.74. The van der Waals surface area contributed by atoms with Crippen molar-refractivity contribution in [2.75, 3.05) is 13.1 Å². The van der Waals surface area contributed by atoms with Crippen molar-refractivity contribution in [2.45, 2.75) is 31.7 Å². The summed E-state index contributed by atoms with van der Waals surface area (Å²) < 4.78 is 0. The van der Waals surface area contributed by atoms with Gasteiger partial charge in [-0.05, 0) is 18.8 Å². The fourth-order valence-electron chi connectivity index (χ4n) is 2.53. The van der Waals surface area contributed by atoms with E-state index in [0.29, 0.717) is 18.4 Å². The van der Waals surface area contributed by atoms with E-state index >= 15 is 0 Å². The van der Waals surface area contributed by atoms with Gasteiger partial charge in [0.15, 0.2) is 0 Å². The second kappa shape index (κ2) is 6.42. The summed E-state index contributed by atoms with van der Waals surface area (Å²) >= 11 is 0. The van der Waals surface area contributed by atoms with Gasteiger partial charge in [0.05, 0.1) is 6.07 Å². The van der Waals surface area contributed by atoms with Gasteiger partial charge in [0.2, 0.25) is 0 Å². The summed E-state index contributed by atoms with van der Waals surface area (Å²) in [5, 5.41) is 8.78. The summed E-state index contributed by atoms with van der Waals surface area (Å²) in [4.78, 5) is 2.38. The first-order chi connectivity index (χ1) is 7.33. The molecule has 82 valence electrons. The zero-order valence-corrected chi connectivity index (χ0v) is 9.36. The van der Waals surface area contributed by atoms with E-state index < -0.39 is 0 Å². The largest absolute Gasteiger partial charge is 0.293 e. The highest BCUT2D eigenvalue weighted by atomic mass is 15.2. The first-order valence-electron chi connectivity index (χ1n) is 5.66. The van der Waals surface area contributed by atoms with Crippen molar-refractivity contribution in [1.29, 1.82) is 5.26 Å². The second-order valence-corrected chi connectivity index (χ2v) is 4.15.